The zero-order valence-corrected chi connectivity index (χ0v) is 15.0. The number of carbonyl (C=O) groups is 1. The third-order valence-electron chi connectivity index (χ3n) is 4.72. The molecule has 2 aromatic rings. The van der Waals surface area contributed by atoms with E-state index in [9.17, 15) is 4.79 Å². The predicted molar refractivity (Wildman–Crippen MR) is 91.8 cm³/mol. The van der Waals surface area contributed by atoms with Gasteiger partial charge in [0, 0.05) is 24.7 Å². The maximum atomic E-state index is 12.2. The first-order chi connectivity index (χ1) is 12.0. The van der Waals surface area contributed by atoms with Crippen LogP contribution < -0.4 is 10.6 Å². The number of aryl methyl sites for hydroxylation is 1. The van der Waals surface area contributed by atoms with Gasteiger partial charge in [0.15, 0.2) is 5.82 Å². The fraction of sp³-hybridized carbons (Fsp3) is 0.647. The van der Waals surface area contributed by atoms with Crippen molar-refractivity contribution in [3.8, 4) is 0 Å². The fourth-order valence-electron chi connectivity index (χ4n) is 3.19. The third-order valence-corrected chi connectivity index (χ3v) is 4.72. The molecule has 2 aromatic heterocycles. The highest BCUT2D eigenvalue weighted by molar-refractivity contribution is 5.74. The number of hydrogen-bond acceptors (Lipinski definition) is 5. The monoisotopic (exact) mass is 346 g/mol. The van der Waals surface area contributed by atoms with E-state index in [4.69, 9.17) is 4.52 Å². The Morgan fingerprint density at radius 2 is 1.96 bits per heavy atom. The van der Waals surface area contributed by atoms with Gasteiger partial charge in [0.2, 0.25) is 5.89 Å². The van der Waals surface area contributed by atoms with E-state index in [1.807, 2.05) is 27.1 Å². The first-order valence-corrected chi connectivity index (χ1v) is 8.92. The van der Waals surface area contributed by atoms with Crippen LogP contribution in [-0.4, -0.2) is 26.0 Å². The Hall–Kier alpha value is -2.38. The smallest absolute Gasteiger partial charge is 0.315 e. The average Bonchev–Trinajstić information content (AvgIpc) is 3.24. The molecule has 2 unspecified atom stereocenters. The van der Waals surface area contributed by atoms with Gasteiger partial charge in [-0.25, -0.2) is 4.79 Å². The van der Waals surface area contributed by atoms with Crippen molar-refractivity contribution < 1.29 is 9.32 Å². The van der Waals surface area contributed by atoms with Gasteiger partial charge in [-0.1, -0.05) is 24.4 Å². The molecule has 0 aliphatic heterocycles. The van der Waals surface area contributed by atoms with Crippen molar-refractivity contribution in [1.29, 1.82) is 0 Å². The van der Waals surface area contributed by atoms with Crippen molar-refractivity contribution in [2.45, 2.75) is 64.0 Å². The number of nitrogens with zero attached hydrogens (tertiary/aromatic N) is 4. The lowest BCUT2D eigenvalue weighted by Crippen LogP contribution is -2.38. The van der Waals surface area contributed by atoms with Gasteiger partial charge in [0.25, 0.3) is 0 Å². The van der Waals surface area contributed by atoms with Gasteiger partial charge >= 0.3 is 6.03 Å². The van der Waals surface area contributed by atoms with Crippen LogP contribution in [0.4, 0.5) is 4.79 Å². The van der Waals surface area contributed by atoms with Crippen LogP contribution in [0.2, 0.25) is 0 Å². The number of carbonyl (C=O) groups excluding carboxylic acids is 1. The van der Waals surface area contributed by atoms with Crippen molar-refractivity contribution in [2.24, 2.45) is 7.05 Å². The second kappa shape index (κ2) is 7.67. The molecule has 0 radical (unpaired) electrons. The number of nitrogens with one attached hydrogen (secondary N) is 2. The largest absolute Gasteiger partial charge is 0.337 e. The Kier molecular flexibility index (Phi) is 5.35. The average molecular weight is 346 g/mol. The minimum atomic E-state index is -0.342. The molecule has 3 rings (SSSR count). The van der Waals surface area contributed by atoms with Gasteiger partial charge in [-0.05, 0) is 26.7 Å². The molecule has 25 heavy (non-hydrogen) atoms. The van der Waals surface area contributed by atoms with E-state index in [-0.39, 0.29) is 18.1 Å². The zero-order chi connectivity index (χ0) is 17.8. The van der Waals surface area contributed by atoms with Gasteiger partial charge in [-0.3, -0.25) is 4.68 Å². The summed E-state index contributed by atoms with van der Waals surface area (Å²) in [5, 5.41) is 14.0. The summed E-state index contributed by atoms with van der Waals surface area (Å²) in [5.74, 6) is 1.61. The standard InChI is InChI=1S/C17H26N6O2/c1-11(14-9-18-23(3)10-14)19-17(24)20-12(2)16-21-15(22-25-16)13-7-5-4-6-8-13/h9-13H,4-8H2,1-3H3,(H2,19,20,24). The summed E-state index contributed by atoms with van der Waals surface area (Å²) < 4.78 is 7.06. The molecule has 2 atom stereocenters. The number of urea groups is 1. The van der Waals surface area contributed by atoms with Gasteiger partial charge in [0.1, 0.15) is 6.04 Å². The van der Waals surface area contributed by atoms with Crippen molar-refractivity contribution in [3.63, 3.8) is 0 Å². The van der Waals surface area contributed by atoms with Crippen LogP contribution in [-0.2, 0) is 7.05 Å². The molecule has 1 saturated carbocycles. The molecule has 8 heteroatoms. The molecular formula is C17H26N6O2. The zero-order valence-electron chi connectivity index (χ0n) is 15.0. The van der Waals surface area contributed by atoms with Gasteiger partial charge in [-0.2, -0.15) is 10.1 Å². The molecular weight excluding hydrogens is 320 g/mol. The summed E-state index contributed by atoms with van der Waals surface area (Å²) >= 11 is 0. The molecule has 2 heterocycles. The summed E-state index contributed by atoms with van der Waals surface area (Å²) in [6.45, 7) is 3.75. The number of aromatic nitrogens is 4. The predicted octanol–water partition coefficient (Wildman–Crippen LogP) is 2.97. The molecule has 1 aliphatic carbocycles. The van der Waals surface area contributed by atoms with Crippen molar-refractivity contribution in [1.82, 2.24) is 30.6 Å². The van der Waals surface area contributed by atoms with E-state index < -0.39 is 0 Å². The molecule has 136 valence electrons. The summed E-state index contributed by atoms with van der Waals surface area (Å²) in [6.07, 6.45) is 9.57. The van der Waals surface area contributed by atoms with Crippen LogP contribution in [0.3, 0.4) is 0 Å². The fourth-order valence-corrected chi connectivity index (χ4v) is 3.19. The summed E-state index contributed by atoms with van der Waals surface area (Å²) in [6, 6.07) is -0.756. The van der Waals surface area contributed by atoms with E-state index in [1.54, 1.807) is 10.9 Å². The molecule has 2 amide bonds. The highest BCUT2D eigenvalue weighted by Gasteiger charge is 2.23. The quantitative estimate of drug-likeness (QED) is 0.867. The van der Waals surface area contributed by atoms with Crippen LogP contribution in [0.25, 0.3) is 0 Å². The molecule has 1 aliphatic rings. The van der Waals surface area contributed by atoms with E-state index in [0.717, 1.165) is 24.2 Å². The van der Waals surface area contributed by atoms with Crippen molar-refractivity contribution in [3.05, 3.63) is 29.7 Å². The number of amides is 2. The van der Waals surface area contributed by atoms with Crippen LogP contribution in [0, 0.1) is 0 Å². The normalized spacial score (nSPS) is 17.9. The first-order valence-electron chi connectivity index (χ1n) is 8.92. The third kappa shape index (κ3) is 4.37. The molecule has 1 fully saturated rings. The Bertz CT molecular complexity index is 704. The number of rotatable bonds is 5. The van der Waals surface area contributed by atoms with Gasteiger partial charge < -0.3 is 15.2 Å². The van der Waals surface area contributed by atoms with Crippen LogP contribution in [0.1, 0.15) is 81.2 Å². The Morgan fingerprint density at radius 1 is 1.24 bits per heavy atom. The van der Waals surface area contributed by atoms with Crippen LogP contribution in [0.15, 0.2) is 16.9 Å². The molecule has 0 spiro atoms. The van der Waals surface area contributed by atoms with Crippen molar-refractivity contribution in [2.75, 3.05) is 0 Å². The topological polar surface area (TPSA) is 97.9 Å². The maximum absolute atomic E-state index is 12.2. The van der Waals surface area contributed by atoms with Gasteiger partial charge in [0.05, 0.1) is 12.2 Å². The van der Waals surface area contributed by atoms with E-state index in [1.165, 1.54) is 19.3 Å². The summed E-state index contributed by atoms with van der Waals surface area (Å²) in [5.41, 5.74) is 0.947. The molecule has 2 N–H and O–H groups in total. The second-order valence-corrected chi connectivity index (χ2v) is 6.83. The Labute approximate surface area is 147 Å². The highest BCUT2D eigenvalue weighted by Crippen LogP contribution is 2.31. The lowest BCUT2D eigenvalue weighted by Gasteiger charge is -2.17. The first kappa shape index (κ1) is 17.4. The Morgan fingerprint density at radius 3 is 2.64 bits per heavy atom. The second-order valence-electron chi connectivity index (χ2n) is 6.83. The number of hydrogen-bond donors (Lipinski definition) is 2. The maximum Gasteiger partial charge on any atom is 0.315 e. The van der Waals surface area contributed by atoms with Crippen LogP contribution in [0.5, 0.6) is 0 Å². The lowest BCUT2D eigenvalue weighted by molar-refractivity contribution is 0.231. The minimum Gasteiger partial charge on any atom is -0.337 e. The molecule has 0 aromatic carbocycles. The minimum absolute atomic E-state index is 0.138. The Balaban J connectivity index is 1.53. The molecule has 8 nitrogen and oxygen atoms in total. The molecule has 0 saturated heterocycles. The highest BCUT2D eigenvalue weighted by atomic mass is 16.5. The molecule has 0 bridgehead atoms. The van der Waals surface area contributed by atoms with Gasteiger partial charge in [-0.15, -0.1) is 0 Å². The van der Waals surface area contributed by atoms with Crippen LogP contribution >= 0.6 is 0 Å². The van der Waals surface area contributed by atoms with E-state index in [0.29, 0.717) is 11.8 Å². The van der Waals surface area contributed by atoms with E-state index in [2.05, 4.69) is 25.9 Å². The SMILES string of the molecule is CC(NC(=O)NC(C)c1nc(C2CCCCC2)no1)c1cnn(C)c1. The lowest BCUT2D eigenvalue weighted by atomic mass is 9.89. The van der Waals surface area contributed by atoms with Crippen molar-refractivity contribution >= 4 is 6.03 Å². The van der Waals surface area contributed by atoms with E-state index >= 15 is 0 Å². The summed E-state index contributed by atoms with van der Waals surface area (Å²) in [7, 11) is 1.85. The summed E-state index contributed by atoms with van der Waals surface area (Å²) in [4.78, 5) is 16.7.